The number of hydrogen-bond acceptors (Lipinski definition) is 5. The molecule has 0 aliphatic rings. The molecule has 1 aromatic rings. The summed E-state index contributed by atoms with van der Waals surface area (Å²) in [5.41, 5.74) is 0. The summed E-state index contributed by atoms with van der Waals surface area (Å²) in [4.78, 5) is 11.3. The predicted molar refractivity (Wildman–Crippen MR) is 39.1 cm³/mol. The van der Waals surface area contributed by atoms with Gasteiger partial charge in [0.1, 0.15) is 4.88 Å². The summed E-state index contributed by atoms with van der Waals surface area (Å²) >= 11 is 1.38. The van der Waals surface area contributed by atoms with Gasteiger partial charge in [0.2, 0.25) is 0 Å². The van der Waals surface area contributed by atoms with Crippen LogP contribution >= 0.6 is 11.3 Å². The molecule has 0 aliphatic heterocycles. The van der Waals surface area contributed by atoms with Crippen LogP contribution in [0, 0.1) is 10.8 Å². The molecule has 1 rings (SSSR count). The Balaban J connectivity index is 0.000000461. The topological polar surface area (TPSA) is 73.9 Å². The number of nitrogens with zero attached hydrogens (tertiary/aromatic N) is 2. The van der Waals surface area contributed by atoms with Crippen LogP contribution in [0.15, 0.2) is 17.5 Å². The fourth-order valence-electron chi connectivity index (χ4n) is 0.495. The highest BCUT2D eigenvalue weighted by atomic mass is 32.1. The third-order valence-electron chi connectivity index (χ3n) is 0.908. The Kier molecular flexibility index (Phi) is 4.69. The number of ether oxygens (including phenoxy) is 1. The van der Waals surface area contributed by atoms with Gasteiger partial charge in [0.15, 0.2) is 0 Å². The monoisotopic (exact) mass is 170 g/mol. The number of thiophene rings is 1. The highest BCUT2D eigenvalue weighted by Crippen LogP contribution is 2.08. The van der Waals surface area contributed by atoms with Gasteiger partial charge in [-0.1, -0.05) is 6.07 Å². The van der Waals surface area contributed by atoms with E-state index in [0.29, 0.717) is 4.88 Å². The van der Waals surface area contributed by atoms with E-state index >= 15 is 0 Å². The first-order valence-corrected chi connectivity index (χ1v) is 3.54. The Morgan fingerprint density at radius 2 is 2.27 bits per heavy atom. The molecule has 0 amide bonds. The molecule has 0 aliphatic carbocycles. The average molecular weight is 170 g/mol. The number of methoxy groups -OCH3 is 1. The maximum Gasteiger partial charge on any atom is 0.348 e. The molecule has 58 valence electrons. The molecule has 0 N–H and O–H groups in total. The number of hydrogen-bond donors (Lipinski definition) is 0. The lowest BCUT2D eigenvalue weighted by atomic mass is 10.5. The van der Waals surface area contributed by atoms with Crippen molar-refractivity contribution in [3.63, 3.8) is 0 Å². The van der Waals surface area contributed by atoms with Crippen LogP contribution in [0.3, 0.4) is 0 Å². The van der Waals surface area contributed by atoms with Gasteiger partial charge < -0.3 is 4.74 Å². The van der Waals surface area contributed by atoms with Gasteiger partial charge in [0, 0.05) is 10.8 Å². The predicted octanol–water partition coefficient (Wildman–Crippen LogP) is 1.56. The summed E-state index contributed by atoms with van der Waals surface area (Å²) in [6.45, 7) is 0. The van der Waals surface area contributed by atoms with Crippen LogP contribution in [-0.2, 0) is 4.74 Å². The Morgan fingerprint density at radius 1 is 1.64 bits per heavy atom. The van der Waals surface area contributed by atoms with Crippen molar-refractivity contribution in [2.75, 3.05) is 7.11 Å². The Hall–Kier alpha value is -1.41. The van der Waals surface area contributed by atoms with Crippen molar-refractivity contribution in [3.8, 4) is 0 Å². The summed E-state index contributed by atoms with van der Waals surface area (Å²) in [7, 11) is 1.38. The molecule has 11 heavy (non-hydrogen) atoms. The van der Waals surface area contributed by atoms with Crippen molar-refractivity contribution >= 4 is 17.3 Å². The molecule has 0 saturated heterocycles. The Morgan fingerprint density at radius 3 is 2.64 bits per heavy atom. The van der Waals surface area contributed by atoms with Crippen LogP contribution in [0.5, 0.6) is 0 Å². The molecular weight excluding hydrogens is 164 g/mol. The molecule has 0 saturated carbocycles. The first kappa shape index (κ1) is 9.59. The zero-order valence-electron chi connectivity index (χ0n) is 5.85. The van der Waals surface area contributed by atoms with Gasteiger partial charge in [0.25, 0.3) is 0 Å². The van der Waals surface area contributed by atoms with E-state index in [-0.39, 0.29) is 5.97 Å². The summed E-state index contributed by atoms with van der Waals surface area (Å²) < 4.78 is 4.47. The zero-order valence-corrected chi connectivity index (χ0v) is 6.67. The number of carbonyl (C=O) groups is 1. The van der Waals surface area contributed by atoms with Crippen molar-refractivity contribution in [2.24, 2.45) is 0 Å². The highest BCUT2D eigenvalue weighted by molar-refractivity contribution is 7.11. The quantitative estimate of drug-likeness (QED) is 0.473. The molecular formula is C6H6N2O2S. The smallest absolute Gasteiger partial charge is 0.348 e. The van der Waals surface area contributed by atoms with Crippen molar-refractivity contribution in [3.05, 3.63) is 22.4 Å². The zero-order chi connectivity index (χ0) is 8.69. The minimum absolute atomic E-state index is 0.259. The van der Waals surface area contributed by atoms with E-state index < -0.39 is 0 Å². The van der Waals surface area contributed by atoms with Crippen LogP contribution < -0.4 is 0 Å². The van der Waals surface area contributed by atoms with Gasteiger partial charge in [-0.2, -0.15) is 0 Å². The molecule has 1 heterocycles. The average Bonchev–Trinajstić information content (AvgIpc) is 2.59. The number of carbonyl (C=O) groups excluding carboxylic acids is 1. The maximum absolute atomic E-state index is 10.7. The third kappa shape index (κ3) is 2.78. The fourth-order valence-corrected chi connectivity index (χ4v) is 1.14. The van der Waals surface area contributed by atoms with Gasteiger partial charge >= 0.3 is 5.97 Å². The van der Waals surface area contributed by atoms with Gasteiger partial charge in [-0.15, -0.1) is 11.3 Å². The second-order valence-corrected chi connectivity index (χ2v) is 2.42. The minimum atomic E-state index is -0.259. The number of esters is 1. The van der Waals surface area contributed by atoms with Crippen LogP contribution in [-0.4, -0.2) is 13.1 Å². The van der Waals surface area contributed by atoms with Crippen LogP contribution in [0.25, 0.3) is 0 Å². The molecule has 0 unspecified atom stereocenters. The molecule has 0 fully saturated rings. The summed E-state index contributed by atoms with van der Waals surface area (Å²) in [6, 6.07) is 3.55. The van der Waals surface area contributed by atoms with Gasteiger partial charge in [-0.3, -0.25) is 0 Å². The first-order valence-electron chi connectivity index (χ1n) is 2.66. The normalized spacial score (nSPS) is 7.55. The molecule has 4 nitrogen and oxygen atoms in total. The van der Waals surface area contributed by atoms with Crippen molar-refractivity contribution in [1.29, 1.82) is 10.8 Å². The molecule has 5 heteroatoms. The molecule has 0 bridgehead atoms. The van der Waals surface area contributed by atoms with Gasteiger partial charge in [-0.25, -0.2) is 4.79 Å². The molecule has 0 aromatic carbocycles. The number of rotatable bonds is 1. The third-order valence-corrected chi connectivity index (χ3v) is 1.76. The van der Waals surface area contributed by atoms with Crippen molar-refractivity contribution < 1.29 is 9.53 Å². The van der Waals surface area contributed by atoms with Crippen LogP contribution in [0.2, 0.25) is 0 Å². The van der Waals surface area contributed by atoms with E-state index in [1.165, 1.54) is 18.4 Å². The largest absolute Gasteiger partial charge is 0.465 e. The van der Waals surface area contributed by atoms with Crippen molar-refractivity contribution in [1.82, 2.24) is 0 Å². The summed E-state index contributed by atoms with van der Waals surface area (Å²) in [5, 5.41) is 13.8. The van der Waals surface area contributed by atoms with E-state index in [4.69, 9.17) is 10.8 Å². The molecule has 0 spiro atoms. The highest BCUT2D eigenvalue weighted by Gasteiger charge is 2.03. The standard InChI is InChI=1S/C6H6O2S.N2/c1-8-6(7)5-3-2-4-9-5;1-2/h2-4H,1H3;. The summed E-state index contributed by atoms with van der Waals surface area (Å²) in [5.74, 6) is -0.259. The fraction of sp³-hybridized carbons (Fsp3) is 0.167. The molecule has 1 aromatic heterocycles. The minimum Gasteiger partial charge on any atom is -0.465 e. The second kappa shape index (κ2) is 5.38. The summed E-state index contributed by atoms with van der Waals surface area (Å²) in [6.07, 6.45) is 0. The van der Waals surface area contributed by atoms with Gasteiger partial charge in [-0.05, 0) is 11.4 Å². The van der Waals surface area contributed by atoms with Crippen LogP contribution in [0.1, 0.15) is 9.67 Å². The Bertz CT molecular complexity index is 230. The van der Waals surface area contributed by atoms with E-state index in [1.807, 2.05) is 11.4 Å². The van der Waals surface area contributed by atoms with E-state index in [0.717, 1.165) is 0 Å². The first-order chi connectivity index (χ1) is 5.34. The lowest BCUT2D eigenvalue weighted by Gasteiger charge is -1.90. The molecule has 0 atom stereocenters. The SMILES string of the molecule is COC(=O)c1cccs1.N#N. The van der Waals surface area contributed by atoms with Gasteiger partial charge in [0.05, 0.1) is 7.11 Å². The Labute approximate surface area is 67.8 Å². The maximum atomic E-state index is 10.7. The van der Waals surface area contributed by atoms with Crippen molar-refractivity contribution in [2.45, 2.75) is 0 Å². The van der Waals surface area contributed by atoms with E-state index in [1.54, 1.807) is 6.07 Å². The van der Waals surface area contributed by atoms with E-state index in [9.17, 15) is 4.79 Å². The van der Waals surface area contributed by atoms with E-state index in [2.05, 4.69) is 4.74 Å². The lowest BCUT2D eigenvalue weighted by molar-refractivity contribution is 0.0606. The second-order valence-electron chi connectivity index (χ2n) is 1.47. The molecule has 0 radical (unpaired) electrons. The van der Waals surface area contributed by atoms with Crippen LogP contribution in [0.4, 0.5) is 0 Å². The lowest BCUT2D eigenvalue weighted by Crippen LogP contribution is -1.96.